The van der Waals surface area contributed by atoms with E-state index in [4.69, 9.17) is 9.47 Å². The molecule has 0 atom stereocenters. The second-order valence-electron chi connectivity index (χ2n) is 8.21. The lowest BCUT2D eigenvalue weighted by Crippen LogP contribution is -2.38. The molecule has 2 aromatic rings. The molecule has 7 nitrogen and oxygen atoms in total. The smallest absolute Gasteiger partial charge is 0.262 e. The fourth-order valence-electron chi connectivity index (χ4n) is 3.49. The van der Waals surface area contributed by atoms with Crippen molar-refractivity contribution in [2.75, 3.05) is 29.4 Å². The second kappa shape index (κ2) is 6.95. The van der Waals surface area contributed by atoms with Crippen LogP contribution in [0, 0.1) is 5.41 Å². The van der Waals surface area contributed by atoms with Gasteiger partial charge < -0.3 is 14.4 Å². The molecule has 0 aromatic heterocycles. The van der Waals surface area contributed by atoms with Crippen molar-refractivity contribution in [3.05, 3.63) is 42.0 Å². The number of hydrogen-bond donors (Lipinski definition) is 1. The number of benzene rings is 2. The van der Waals surface area contributed by atoms with Crippen LogP contribution in [0.1, 0.15) is 26.3 Å². The summed E-state index contributed by atoms with van der Waals surface area (Å²) in [5, 5.41) is 0. The second-order valence-corrected chi connectivity index (χ2v) is 9.89. The highest BCUT2D eigenvalue weighted by molar-refractivity contribution is 7.92. The molecule has 154 valence electrons. The zero-order chi connectivity index (χ0) is 20.8. The Hall–Kier alpha value is -2.74. The number of hydrogen-bond acceptors (Lipinski definition) is 5. The average Bonchev–Trinajstić information content (AvgIpc) is 3.09. The van der Waals surface area contributed by atoms with Crippen LogP contribution in [0.5, 0.6) is 11.5 Å². The molecule has 0 saturated carbocycles. The maximum absolute atomic E-state index is 12.8. The topological polar surface area (TPSA) is 84.9 Å². The monoisotopic (exact) mass is 416 g/mol. The Balaban J connectivity index is 1.57. The molecular weight excluding hydrogens is 392 g/mol. The van der Waals surface area contributed by atoms with Crippen LogP contribution in [-0.4, -0.2) is 34.1 Å². The van der Waals surface area contributed by atoms with Gasteiger partial charge in [0, 0.05) is 29.4 Å². The highest BCUT2D eigenvalue weighted by atomic mass is 32.2. The van der Waals surface area contributed by atoms with Crippen molar-refractivity contribution in [3.8, 4) is 11.5 Å². The minimum absolute atomic E-state index is 0.0564. The number of rotatable bonds is 3. The lowest BCUT2D eigenvalue weighted by atomic mass is 9.94. The first kappa shape index (κ1) is 19.6. The van der Waals surface area contributed by atoms with Gasteiger partial charge in [-0.15, -0.1) is 0 Å². The number of amides is 1. The molecule has 4 rings (SSSR count). The van der Waals surface area contributed by atoms with Gasteiger partial charge in [-0.2, -0.15) is 0 Å². The number of fused-ring (bicyclic) bond motifs is 2. The third-order valence-corrected chi connectivity index (χ3v) is 6.32. The first-order chi connectivity index (χ1) is 13.6. The van der Waals surface area contributed by atoms with Gasteiger partial charge >= 0.3 is 0 Å². The van der Waals surface area contributed by atoms with Crippen molar-refractivity contribution in [1.29, 1.82) is 0 Å². The standard InChI is InChI=1S/C21H24N2O5S/c1-21(2,3)20(24)23-9-8-14-12-15(4-6-17(14)23)22-29(25,26)16-5-7-18-19(13-16)28-11-10-27-18/h4-7,12-13,22H,8-11H2,1-3H3. The van der Waals surface area contributed by atoms with Gasteiger partial charge in [0.25, 0.3) is 10.0 Å². The normalized spacial score (nSPS) is 15.8. The number of nitrogens with one attached hydrogen (secondary N) is 1. The van der Waals surface area contributed by atoms with E-state index in [1.807, 2.05) is 20.8 Å². The molecule has 1 amide bonds. The maximum Gasteiger partial charge on any atom is 0.262 e. The molecule has 0 saturated heterocycles. The summed E-state index contributed by atoms with van der Waals surface area (Å²) in [6.45, 7) is 7.11. The highest BCUT2D eigenvalue weighted by Gasteiger charge is 2.32. The van der Waals surface area contributed by atoms with Gasteiger partial charge in [-0.1, -0.05) is 20.8 Å². The number of carbonyl (C=O) groups is 1. The summed E-state index contributed by atoms with van der Waals surface area (Å²) in [5.74, 6) is 1.02. The molecule has 0 bridgehead atoms. The van der Waals surface area contributed by atoms with E-state index in [9.17, 15) is 13.2 Å². The fraction of sp³-hybridized carbons (Fsp3) is 0.381. The van der Waals surface area contributed by atoms with Gasteiger partial charge in [0.2, 0.25) is 5.91 Å². The summed E-state index contributed by atoms with van der Waals surface area (Å²) < 4.78 is 39.2. The molecule has 2 aliphatic rings. The molecule has 0 spiro atoms. The Morgan fingerprint density at radius 1 is 1.03 bits per heavy atom. The Labute approximate surface area is 170 Å². The van der Waals surface area contributed by atoms with Crippen molar-refractivity contribution in [2.45, 2.75) is 32.1 Å². The number of nitrogens with zero attached hydrogens (tertiary/aromatic N) is 1. The molecule has 1 N–H and O–H groups in total. The first-order valence-electron chi connectivity index (χ1n) is 9.52. The third-order valence-electron chi connectivity index (χ3n) is 4.94. The summed E-state index contributed by atoms with van der Waals surface area (Å²) in [5.41, 5.74) is 1.78. The molecule has 0 radical (unpaired) electrons. The Bertz CT molecular complexity index is 1070. The molecule has 0 aliphatic carbocycles. The van der Waals surface area contributed by atoms with E-state index >= 15 is 0 Å². The van der Waals surface area contributed by atoms with Gasteiger partial charge in [0.15, 0.2) is 11.5 Å². The Morgan fingerprint density at radius 2 is 1.76 bits per heavy atom. The Morgan fingerprint density at radius 3 is 2.48 bits per heavy atom. The van der Waals surface area contributed by atoms with Gasteiger partial charge in [0.1, 0.15) is 13.2 Å². The van der Waals surface area contributed by atoms with Crippen LogP contribution in [0.25, 0.3) is 0 Å². The van der Waals surface area contributed by atoms with Crippen LogP contribution in [0.4, 0.5) is 11.4 Å². The summed E-state index contributed by atoms with van der Waals surface area (Å²) in [6, 6.07) is 9.83. The molecular formula is C21H24N2O5S. The van der Waals surface area contributed by atoms with Crippen LogP contribution in [0.15, 0.2) is 41.3 Å². The molecule has 2 heterocycles. The van der Waals surface area contributed by atoms with Crippen molar-refractivity contribution >= 4 is 27.3 Å². The van der Waals surface area contributed by atoms with Crippen LogP contribution in [0.2, 0.25) is 0 Å². The fourth-order valence-corrected chi connectivity index (χ4v) is 4.55. The molecule has 2 aliphatic heterocycles. The molecule has 0 unspecified atom stereocenters. The number of ether oxygens (including phenoxy) is 2. The van der Waals surface area contributed by atoms with Gasteiger partial charge in [-0.25, -0.2) is 8.42 Å². The molecule has 0 fully saturated rings. The van der Waals surface area contributed by atoms with E-state index in [0.717, 1.165) is 11.3 Å². The number of anilines is 2. The lowest BCUT2D eigenvalue weighted by Gasteiger charge is -2.26. The summed E-state index contributed by atoms with van der Waals surface area (Å²) in [6.07, 6.45) is 0.691. The third kappa shape index (κ3) is 3.76. The predicted octanol–water partition coefficient (Wildman–Crippen LogP) is 3.19. The van der Waals surface area contributed by atoms with Gasteiger partial charge in [0.05, 0.1) is 4.90 Å². The van der Waals surface area contributed by atoms with Crippen LogP contribution >= 0.6 is 0 Å². The quantitative estimate of drug-likeness (QED) is 0.831. The van der Waals surface area contributed by atoms with E-state index in [1.165, 1.54) is 12.1 Å². The van der Waals surface area contributed by atoms with Crippen molar-refractivity contribution < 1.29 is 22.7 Å². The highest BCUT2D eigenvalue weighted by Crippen LogP contribution is 2.35. The molecule has 2 aromatic carbocycles. The van der Waals surface area contributed by atoms with E-state index in [0.29, 0.717) is 43.4 Å². The lowest BCUT2D eigenvalue weighted by molar-refractivity contribution is -0.125. The largest absolute Gasteiger partial charge is 0.486 e. The summed E-state index contributed by atoms with van der Waals surface area (Å²) in [4.78, 5) is 14.5. The van der Waals surface area contributed by atoms with E-state index in [-0.39, 0.29) is 10.8 Å². The van der Waals surface area contributed by atoms with E-state index in [1.54, 1.807) is 29.2 Å². The van der Waals surface area contributed by atoms with Crippen molar-refractivity contribution in [1.82, 2.24) is 0 Å². The maximum atomic E-state index is 12.8. The minimum Gasteiger partial charge on any atom is -0.486 e. The SMILES string of the molecule is CC(C)(C)C(=O)N1CCc2cc(NS(=O)(=O)c3ccc4c(c3)OCCO4)ccc21. The molecule has 8 heteroatoms. The number of sulfonamides is 1. The van der Waals surface area contributed by atoms with Crippen LogP contribution in [-0.2, 0) is 21.2 Å². The van der Waals surface area contributed by atoms with E-state index in [2.05, 4.69) is 4.72 Å². The minimum atomic E-state index is -3.78. The van der Waals surface area contributed by atoms with Crippen molar-refractivity contribution in [3.63, 3.8) is 0 Å². The average molecular weight is 416 g/mol. The molecule has 29 heavy (non-hydrogen) atoms. The van der Waals surface area contributed by atoms with Crippen LogP contribution < -0.4 is 19.1 Å². The summed E-state index contributed by atoms with van der Waals surface area (Å²) in [7, 11) is -3.78. The zero-order valence-corrected chi connectivity index (χ0v) is 17.5. The Kier molecular flexibility index (Phi) is 4.69. The van der Waals surface area contributed by atoms with Crippen LogP contribution in [0.3, 0.4) is 0 Å². The zero-order valence-electron chi connectivity index (χ0n) is 16.7. The van der Waals surface area contributed by atoms with Crippen molar-refractivity contribution in [2.24, 2.45) is 5.41 Å². The van der Waals surface area contributed by atoms with Gasteiger partial charge in [-0.3, -0.25) is 9.52 Å². The first-order valence-corrected chi connectivity index (χ1v) is 11.0. The number of carbonyl (C=O) groups excluding carboxylic acids is 1. The van der Waals surface area contributed by atoms with Gasteiger partial charge in [-0.05, 0) is 42.3 Å². The van der Waals surface area contributed by atoms with E-state index < -0.39 is 15.4 Å². The summed E-state index contributed by atoms with van der Waals surface area (Å²) >= 11 is 0. The predicted molar refractivity (Wildman–Crippen MR) is 110 cm³/mol.